The number of anilines is 1. The van der Waals surface area contributed by atoms with E-state index in [-0.39, 0.29) is 17.9 Å². The van der Waals surface area contributed by atoms with Crippen molar-refractivity contribution >= 4 is 33.6 Å². The first-order chi connectivity index (χ1) is 15.0. The molecule has 6 heteroatoms. The molecule has 166 valence electrons. The Labute approximate surface area is 193 Å². The first-order valence-electron chi connectivity index (χ1n) is 11.1. The molecule has 0 bridgehead atoms. The van der Waals surface area contributed by atoms with Gasteiger partial charge in [-0.2, -0.15) is 0 Å². The molecule has 1 saturated heterocycles. The standard InChI is InChI=1S/C25H32BrN3O2/c1-3-18(2)23(28-25(31)27-22-12-8-7-11-21(22)26)24(30)29-15-13-20(14-16-29)17-19-9-5-4-6-10-19/h4-12,18,20,23H,3,13-17H2,1-2H3,(H2,27,28,31). The van der Waals surface area contributed by atoms with E-state index in [1.54, 1.807) is 0 Å². The summed E-state index contributed by atoms with van der Waals surface area (Å²) in [6.45, 7) is 5.56. The number of halogens is 1. The summed E-state index contributed by atoms with van der Waals surface area (Å²) in [5, 5.41) is 5.77. The highest BCUT2D eigenvalue weighted by molar-refractivity contribution is 9.10. The number of likely N-dealkylation sites (tertiary alicyclic amines) is 1. The molecule has 3 rings (SSSR count). The molecule has 2 aromatic rings. The summed E-state index contributed by atoms with van der Waals surface area (Å²) in [4.78, 5) is 27.8. The van der Waals surface area contributed by atoms with E-state index in [2.05, 4.69) is 50.8 Å². The van der Waals surface area contributed by atoms with E-state index in [0.29, 0.717) is 11.6 Å². The number of hydrogen-bond acceptors (Lipinski definition) is 2. The van der Waals surface area contributed by atoms with Gasteiger partial charge >= 0.3 is 6.03 Å². The van der Waals surface area contributed by atoms with Gasteiger partial charge in [-0.3, -0.25) is 4.79 Å². The summed E-state index contributed by atoms with van der Waals surface area (Å²) >= 11 is 3.44. The molecule has 1 fully saturated rings. The van der Waals surface area contributed by atoms with Crippen molar-refractivity contribution in [2.75, 3.05) is 18.4 Å². The van der Waals surface area contributed by atoms with Crippen molar-refractivity contribution in [1.29, 1.82) is 0 Å². The molecule has 1 aliphatic heterocycles. The molecule has 0 spiro atoms. The number of urea groups is 1. The van der Waals surface area contributed by atoms with Gasteiger partial charge in [-0.25, -0.2) is 4.79 Å². The Kier molecular flexibility index (Phi) is 8.52. The molecule has 5 nitrogen and oxygen atoms in total. The van der Waals surface area contributed by atoms with Crippen molar-refractivity contribution in [3.63, 3.8) is 0 Å². The predicted molar refractivity (Wildman–Crippen MR) is 129 cm³/mol. The fraction of sp³-hybridized carbons (Fsp3) is 0.440. The highest BCUT2D eigenvalue weighted by Crippen LogP contribution is 2.24. The molecule has 3 amide bonds. The Balaban J connectivity index is 1.57. The third kappa shape index (κ3) is 6.57. The van der Waals surface area contributed by atoms with E-state index in [9.17, 15) is 9.59 Å². The monoisotopic (exact) mass is 485 g/mol. The predicted octanol–water partition coefficient (Wildman–Crippen LogP) is 5.47. The number of hydrogen-bond donors (Lipinski definition) is 2. The second-order valence-corrected chi connectivity index (χ2v) is 9.25. The summed E-state index contributed by atoms with van der Waals surface area (Å²) in [6.07, 6.45) is 3.87. The molecule has 0 radical (unpaired) electrons. The second-order valence-electron chi connectivity index (χ2n) is 8.40. The molecule has 2 aromatic carbocycles. The van der Waals surface area contributed by atoms with Crippen LogP contribution in [0.1, 0.15) is 38.7 Å². The Morgan fingerprint density at radius 3 is 2.35 bits per heavy atom. The smallest absolute Gasteiger partial charge is 0.319 e. The van der Waals surface area contributed by atoms with Gasteiger partial charge < -0.3 is 15.5 Å². The minimum Gasteiger partial charge on any atom is -0.341 e. The third-order valence-corrected chi connectivity index (χ3v) is 6.87. The van der Waals surface area contributed by atoms with Crippen LogP contribution in [0.2, 0.25) is 0 Å². The minimum absolute atomic E-state index is 0.0230. The molecule has 31 heavy (non-hydrogen) atoms. The number of nitrogens with one attached hydrogen (secondary N) is 2. The number of carbonyl (C=O) groups excluding carboxylic acids is 2. The van der Waals surface area contributed by atoms with Gasteiger partial charge in [0, 0.05) is 17.6 Å². The number of para-hydroxylation sites is 1. The molecule has 2 unspecified atom stereocenters. The molecule has 1 aliphatic rings. The molecule has 2 N–H and O–H groups in total. The van der Waals surface area contributed by atoms with Crippen molar-refractivity contribution in [1.82, 2.24) is 10.2 Å². The molecular weight excluding hydrogens is 454 g/mol. The zero-order chi connectivity index (χ0) is 22.2. The maximum absolute atomic E-state index is 13.3. The number of benzene rings is 2. The van der Waals surface area contributed by atoms with Crippen LogP contribution in [-0.4, -0.2) is 36.0 Å². The largest absolute Gasteiger partial charge is 0.341 e. The number of nitrogens with zero attached hydrogens (tertiary/aromatic N) is 1. The number of amides is 3. The van der Waals surface area contributed by atoms with Crippen LogP contribution < -0.4 is 10.6 Å². The molecule has 0 aromatic heterocycles. The normalized spacial score (nSPS) is 16.4. The lowest BCUT2D eigenvalue weighted by Crippen LogP contribution is -2.54. The van der Waals surface area contributed by atoms with Crippen molar-refractivity contribution in [2.24, 2.45) is 11.8 Å². The lowest BCUT2D eigenvalue weighted by atomic mass is 9.89. The summed E-state index contributed by atoms with van der Waals surface area (Å²) < 4.78 is 0.803. The Hall–Kier alpha value is -2.34. The highest BCUT2D eigenvalue weighted by atomic mass is 79.9. The van der Waals surface area contributed by atoms with Crippen molar-refractivity contribution in [3.8, 4) is 0 Å². The van der Waals surface area contributed by atoms with Gasteiger partial charge in [0.25, 0.3) is 0 Å². The van der Waals surface area contributed by atoms with E-state index in [1.165, 1.54) is 5.56 Å². The molecule has 0 saturated carbocycles. The van der Waals surface area contributed by atoms with E-state index in [1.807, 2.05) is 49.1 Å². The molecular formula is C25H32BrN3O2. The van der Waals surface area contributed by atoms with Gasteiger partial charge in [0.1, 0.15) is 6.04 Å². The van der Waals surface area contributed by atoms with Crippen LogP contribution in [0.15, 0.2) is 59.1 Å². The van der Waals surface area contributed by atoms with Gasteiger partial charge in [0.05, 0.1) is 5.69 Å². The fourth-order valence-corrected chi connectivity index (χ4v) is 4.43. The zero-order valence-corrected chi connectivity index (χ0v) is 19.9. The van der Waals surface area contributed by atoms with Crippen LogP contribution in [-0.2, 0) is 11.2 Å². The third-order valence-electron chi connectivity index (χ3n) is 6.18. The van der Waals surface area contributed by atoms with Crippen molar-refractivity contribution in [3.05, 3.63) is 64.6 Å². The maximum Gasteiger partial charge on any atom is 0.319 e. The lowest BCUT2D eigenvalue weighted by Gasteiger charge is -2.36. The topological polar surface area (TPSA) is 61.4 Å². The van der Waals surface area contributed by atoms with Gasteiger partial charge in [-0.05, 0) is 64.7 Å². The number of rotatable bonds is 7. The summed E-state index contributed by atoms with van der Waals surface area (Å²) in [5.74, 6) is 0.675. The minimum atomic E-state index is -0.529. The molecule has 2 atom stereocenters. The summed E-state index contributed by atoms with van der Waals surface area (Å²) in [6, 6.07) is 17.1. The Morgan fingerprint density at radius 2 is 1.71 bits per heavy atom. The van der Waals surface area contributed by atoms with Crippen molar-refractivity contribution < 1.29 is 9.59 Å². The van der Waals surface area contributed by atoms with E-state index in [0.717, 1.165) is 43.2 Å². The number of carbonyl (C=O) groups is 2. The van der Waals surface area contributed by atoms with Gasteiger partial charge in [0.15, 0.2) is 0 Å². The van der Waals surface area contributed by atoms with Gasteiger partial charge in [-0.15, -0.1) is 0 Å². The summed E-state index contributed by atoms with van der Waals surface area (Å²) in [5.41, 5.74) is 2.03. The van der Waals surface area contributed by atoms with Crippen LogP contribution in [0, 0.1) is 11.8 Å². The Bertz CT molecular complexity index is 866. The van der Waals surface area contributed by atoms with Crippen LogP contribution in [0.25, 0.3) is 0 Å². The maximum atomic E-state index is 13.3. The van der Waals surface area contributed by atoms with Crippen molar-refractivity contribution in [2.45, 2.75) is 45.6 Å². The van der Waals surface area contributed by atoms with Gasteiger partial charge in [-0.1, -0.05) is 62.7 Å². The van der Waals surface area contributed by atoms with Crippen LogP contribution in [0.4, 0.5) is 10.5 Å². The zero-order valence-electron chi connectivity index (χ0n) is 18.3. The van der Waals surface area contributed by atoms with E-state index >= 15 is 0 Å². The average molecular weight is 486 g/mol. The average Bonchev–Trinajstić information content (AvgIpc) is 2.79. The van der Waals surface area contributed by atoms with Crippen LogP contribution >= 0.6 is 15.9 Å². The first kappa shape index (κ1) is 23.3. The van der Waals surface area contributed by atoms with Crippen LogP contribution in [0.3, 0.4) is 0 Å². The van der Waals surface area contributed by atoms with E-state index in [4.69, 9.17) is 0 Å². The highest BCUT2D eigenvalue weighted by Gasteiger charge is 2.32. The second kappa shape index (κ2) is 11.3. The number of piperidine rings is 1. The fourth-order valence-electron chi connectivity index (χ4n) is 4.05. The van der Waals surface area contributed by atoms with Gasteiger partial charge in [0.2, 0.25) is 5.91 Å². The molecule has 0 aliphatic carbocycles. The quantitative estimate of drug-likeness (QED) is 0.546. The molecule has 1 heterocycles. The first-order valence-corrected chi connectivity index (χ1v) is 11.9. The van der Waals surface area contributed by atoms with Crippen LogP contribution in [0.5, 0.6) is 0 Å². The summed E-state index contributed by atoms with van der Waals surface area (Å²) in [7, 11) is 0. The van der Waals surface area contributed by atoms with E-state index < -0.39 is 6.04 Å². The lowest BCUT2D eigenvalue weighted by molar-refractivity contribution is -0.135. The Morgan fingerprint density at radius 1 is 1.06 bits per heavy atom. The SMILES string of the molecule is CCC(C)C(NC(=O)Nc1ccccc1Br)C(=O)N1CCC(Cc2ccccc2)CC1.